The van der Waals surface area contributed by atoms with Crippen molar-refractivity contribution < 1.29 is 37.6 Å². The summed E-state index contributed by atoms with van der Waals surface area (Å²) in [7, 11) is -4.31. The Morgan fingerprint density at radius 1 is 0.717 bits per heavy atom. The summed E-state index contributed by atoms with van der Waals surface area (Å²) >= 11 is 0. The molecule has 1 rings (SSSR count). The number of ether oxygens (including phenoxy) is 2. The van der Waals surface area contributed by atoms with Crippen LogP contribution in [0.4, 0.5) is 0 Å². The molecule has 0 aliphatic carbocycles. The Bertz CT molecular complexity index is 756. The fourth-order valence-corrected chi connectivity index (χ4v) is 6.37. The summed E-state index contributed by atoms with van der Waals surface area (Å²) in [5.41, 5.74) is 8.18. The van der Waals surface area contributed by atoms with E-state index >= 15 is 0 Å². The Labute approximate surface area is 281 Å². The van der Waals surface area contributed by atoms with Gasteiger partial charge in [-0.2, -0.15) is 0 Å². The third-order valence-electron chi connectivity index (χ3n) is 8.51. The fraction of sp³-hybridized carbons (Fsp3) is 0.971. The standard InChI is InChI=1S/C35H71N2O8P/c1-3-5-7-9-11-13-15-16-17-19-21-23-25-27-34(38)41-31-33(32-43-46(39,40)42-30-29-36)44-35(37-45-35)28-26-24-22-20-18-14-12-10-8-6-4-2/h33,37H,3-32,36H2,1-2H3,(H,39,40)/t33-,35+/m1/s1. The molecule has 1 saturated heterocycles. The minimum Gasteiger partial charge on any atom is -0.463 e. The van der Waals surface area contributed by atoms with Crippen LogP contribution in [0.5, 0.6) is 0 Å². The lowest BCUT2D eigenvalue weighted by Gasteiger charge is -2.22. The number of hydrogen-bond donors (Lipinski definition) is 3. The highest BCUT2D eigenvalue weighted by Gasteiger charge is 2.48. The molecule has 0 amide bonds. The smallest absolute Gasteiger partial charge is 0.463 e. The molecular formula is C35H71N2O8P. The molecule has 11 heteroatoms. The molecule has 10 nitrogen and oxygen atoms in total. The molecule has 1 unspecified atom stereocenters. The van der Waals surface area contributed by atoms with Crippen molar-refractivity contribution in [2.45, 2.75) is 193 Å². The quantitative estimate of drug-likeness (QED) is 0.0253. The maximum Gasteiger partial charge on any atom is 0.472 e. The zero-order valence-electron chi connectivity index (χ0n) is 29.6. The minimum atomic E-state index is -4.31. The molecule has 0 bridgehead atoms. The van der Waals surface area contributed by atoms with Crippen LogP contribution in [0, 0.1) is 0 Å². The number of carbonyl (C=O) groups excluding carboxylic acids is 1. The molecule has 3 atom stereocenters. The Morgan fingerprint density at radius 3 is 1.59 bits per heavy atom. The summed E-state index contributed by atoms with van der Waals surface area (Å²) in [6.45, 7) is 4.07. The Kier molecular flexibility index (Phi) is 27.7. The van der Waals surface area contributed by atoms with Crippen LogP contribution in [-0.2, 0) is 32.7 Å². The van der Waals surface area contributed by atoms with Gasteiger partial charge in [0, 0.05) is 19.4 Å². The summed E-state index contributed by atoms with van der Waals surface area (Å²) in [4.78, 5) is 27.8. The van der Waals surface area contributed by atoms with Gasteiger partial charge in [0.15, 0.2) is 0 Å². The number of phosphoric acid groups is 1. The van der Waals surface area contributed by atoms with Crippen LogP contribution >= 0.6 is 7.82 Å². The highest BCUT2D eigenvalue weighted by atomic mass is 31.2. The molecule has 0 aromatic heterocycles. The molecule has 0 saturated carbocycles. The third-order valence-corrected chi connectivity index (χ3v) is 9.49. The maximum absolute atomic E-state index is 12.4. The molecule has 4 N–H and O–H groups in total. The second kappa shape index (κ2) is 29.3. The van der Waals surface area contributed by atoms with Gasteiger partial charge in [0.25, 0.3) is 5.91 Å². The minimum absolute atomic E-state index is 0.0878. The van der Waals surface area contributed by atoms with E-state index in [1.54, 1.807) is 0 Å². The van der Waals surface area contributed by atoms with Crippen LogP contribution in [0.2, 0.25) is 0 Å². The highest BCUT2D eigenvalue weighted by molar-refractivity contribution is 7.47. The summed E-state index contributed by atoms with van der Waals surface area (Å²) in [6.07, 6.45) is 29.9. The van der Waals surface area contributed by atoms with Gasteiger partial charge in [-0.15, -0.1) is 5.48 Å². The van der Waals surface area contributed by atoms with E-state index in [4.69, 9.17) is 29.1 Å². The van der Waals surface area contributed by atoms with E-state index in [0.717, 1.165) is 32.1 Å². The molecular weight excluding hydrogens is 607 g/mol. The van der Waals surface area contributed by atoms with Gasteiger partial charge >= 0.3 is 13.8 Å². The van der Waals surface area contributed by atoms with E-state index in [2.05, 4.69) is 19.3 Å². The van der Waals surface area contributed by atoms with E-state index in [-0.39, 0.29) is 32.3 Å². The van der Waals surface area contributed by atoms with Gasteiger partial charge in [-0.25, -0.2) is 9.40 Å². The highest BCUT2D eigenvalue weighted by Crippen LogP contribution is 2.43. The summed E-state index contributed by atoms with van der Waals surface area (Å²) in [5.74, 6) is -1.31. The van der Waals surface area contributed by atoms with Gasteiger partial charge in [0.2, 0.25) is 0 Å². The molecule has 0 aromatic carbocycles. The number of esters is 1. The van der Waals surface area contributed by atoms with Gasteiger partial charge in [-0.05, 0) is 12.8 Å². The molecule has 274 valence electrons. The van der Waals surface area contributed by atoms with Crippen molar-refractivity contribution in [3.63, 3.8) is 0 Å². The van der Waals surface area contributed by atoms with Crippen molar-refractivity contribution in [3.05, 3.63) is 0 Å². The van der Waals surface area contributed by atoms with Gasteiger partial charge in [-0.1, -0.05) is 155 Å². The number of nitrogens with one attached hydrogen (secondary N) is 1. The van der Waals surface area contributed by atoms with E-state index in [0.29, 0.717) is 12.8 Å². The lowest BCUT2D eigenvalue weighted by atomic mass is 10.0. The Hall–Kier alpha value is -0.580. The van der Waals surface area contributed by atoms with Crippen molar-refractivity contribution in [1.29, 1.82) is 0 Å². The zero-order chi connectivity index (χ0) is 33.6. The van der Waals surface area contributed by atoms with Crippen molar-refractivity contribution >= 4 is 13.8 Å². The number of carbonyl (C=O) groups is 1. The van der Waals surface area contributed by atoms with Gasteiger partial charge in [0.05, 0.1) is 13.2 Å². The lowest BCUT2D eigenvalue weighted by molar-refractivity contribution is -0.160. The van der Waals surface area contributed by atoms with Gasteiger partial charge < -0.3 is 20.1 Å². The maximum atomic E-state index is 12.4. The number of nitrogens with two attached hydrogens (primary N) is 1. The first-order valence-electron chi connectivity index (χ1n) is 19.0. The van der Waals surface area contributed by atoms with Crippen LogP contribution in [-0.4, -0.2) is 49.2 Å². The number of hydroxylamine groups is 1. The molecule has 1 fully saturated rings. The average molecular weight is 679 g/mol. The zero-order valence-corrected chi connectivity index (χ0v) is 30.5. The second-order valence-electron chi connectivity index (χ2n) is 13.0. The Morgan fingerprint density at radius 2 is 1.15 bits per heavy atom. The van der Waals surface area contributed by atoms with Crippen LogP contribution < -0.4 is 11.2 Å². The molecule has 1 aliphatic heterocycles. The fourth-order valence-electron chi connectivity index (χ4n) is 5.60. The number of hydrogen-bond acceptors (Lipinski definition) is 9. The predicted octanol–water partition coefficient (Wildman–Crippen LogP) is 9.38. The molecule has 1 aliphatic rings. The first-order valence-corrected chi connectivity index (χ1v) is 20.5. The number of unbranched alkanes of at least 4 members (excludes halogenated alkanes) is 22. The molecule has 0 aromatic rings. The largest absolute Gasteiger partial charge is 0.472 e. The third kappa shape index (κ3) is 26.4. The Balaban J connectivity index is 2.28. The average Bonchev–Trinajstić information content (AvgIpc) is 3.81. The summed E-state index contributed by atoms with van der Waals surface area (Å²) < 4.78 is 33.7. The molecule has 1 heterocycles. The number of rotatable bonds is 36. The van der Waals surface area contributed by atoms with Crippen molar-refractivity contribution in [2.75, 3.05) is 26.4 Å². The van der Waals surface area contributed by atoms with Crippen LogP contribution in [0.25, 0.3) is 0 Å². The van der Waals surface area contributed by atoms with Crippen molar-refractivity contribution in [2.24, 2.45) is 5.73 Å². The molecule has 0 radical (unpaired) electrons. The van der Waals surface area contributed by atoms with Crippen LogP contribution in [0.15, 0.2) is 0 Å². The van der Waals surface area contributed by atoms with E-state index < -0.39 is 19.8 Å². The van der Waals surface area contributed by atoms with Crippen LogP contribution in [0.1, 0.15) is 181 Å². The number of phosphoric ester groups is 1. The van der Waals surface area contributed by atoms with Crippen molar-refractivity contribution in [3.8, 4) is 0 Å². The first kappa shape index (κ1) is 43.4. The molecule has 0 spiro atoms. The van der Waals surface area contributed by atoms with E-state index in [1.165, 1.54) is 122 Å². The monoisotopic (exact) mass is 678 g/mol. The summed E-state index contributed by atoms with van der Waals surface area (Å²) in [5, 5.41) is 0. The van der Waals surface area contributed by atoms with E-state index in [9.17, 15) is 14.3 Å². The van der Waals surface area contributed by atoms with Gasteiger partial charge in [-0.3, -0.25) is 13.8 Å². The topological polar surface area (TPSA) is 152 Å². The molecule has 46 heavy (non-hydrogen) atoms. The first-order chi connectivity index (χ1) is 22.4. The summed E-state index contributed by atoms with van der Waals surface area (Å²) in [6, 6.07) is 0. The SMILES string of the molecule is CCCCCCCCCCCCCCCC(=O)OC[C@H](COP(=O)(O)OCCN)O[C@]1(CCCCCCCCCCCCC)NO1. The van der Waals surface area contributed by atoms with Gasteiger partial charge in [0.1, 0.15) is 12.7 Å². The van der Waals surface area contributed by atoms with E-state index in [1.807, 2.05) is 0 Å². The normalized spacial score (nSPS) is 18.0. The predicted molar refractivity (Wildman–Crippen MR) is 185 cm³/mol. The second-order valence-corrected chi connectivity index (χ2v) is 14.5. The lowest BCUT2D eigenvalue weighted by Crippen LogP contribution is -2.34. The van der Waals surface area contributed by atoms with Crippen molar-refractivity contribution in [1.82, 2.24) is 5.48 Å². The van der Waals surface area contributed by atoms with Crippen LogP contribution in [0.3, 0.4) is 0 Å².